The molecule has 1 aliphatic heterocycles. The maximum Gasteiger partial charge on any atom is 0.0348 e. The van der Waals surface area contributed by atoms with E-state index in [9.17, 15) is 0 Å². The largest absolute Gasteiger partial charge is 0.330 e. The molecule has 0 spiro atoms. The third-order valence-electron chi connectivity index (χ3n) is 4.63. The SMILES string of the molecule is CCN(CC)Cc1ccc(C2CC(CN)CN2C)cc1. The summed E-state index contributed by atoms with van der Waals surface area (Å²) >= 11 is 0. The molecule has 0 saturated carbocycles. The van der Waals surface area contributed by atoms with E-state index in [0.29, 0.717) is 12.0 Å². The molecule has 0 radical (unpaired) electrons. The molecule has 3 heteroatoms. The van der Waals surface area contributed by atoms with E-state index in [0.717, 1.165) is 32.7 Å². The molecule has 0 aliphatic carbocycles. The highest BCUT2D eigenvalue weighted by Crippen LogP contribution is 2.33. The maximum atomic E-state index is 5.81. The Morgan fingerprint density at radius 2 is 1.85 bits per heavy atom. The Kier molecular flexibility index (Phi) is 5.58. The van der Waals surface area contributed by atoms with Gasteiger partial charge in [0.25, 0.3) is 0 Å². The Labute approximate surface area is 123 Å². The van der Waals surface area contributed by atoms with Crippen LogP contribution in [0.2, 0.25) is 0 Å². The van der Waals surface area contributed by atoms with Crippen molar-refractivity contribution in [2.75, 3.05) is 33.2 Å². The van der Waals surface area contributed by atoms with Gasteiger partial charge in [-0.25, -0.2) is 0 Å². The molecule has 1 saturated heterocycles. The van der Waals surface area contributed by atoms with E-state index >= 15 is 0 Å². The first-order chi connectivity index (χ1) is 9.67. The van der Waals surface area contributed by atoms with E-state index in [1.165, 1.54) is 17.5 Å². The molecule has 2 atom stereocenters. The first-order valence-corrected chi connectivity index (χ1v) is 7.89. The molecule has 112 valence electrons. The molecule has 1 aliphatic rings. The molecular weight excluding hydrogens is 246 g/mol. The first kappa shape index (κ1) is 15.5. The van der Waals surface area contributed by atoms with Crippen molar-refractivity contribution in [3.05, 3.63) is 35.4 Å². The minimum absolute atomic E-state index is 0.547. The van der Waals surface area contributed by atoms with Crippen molar-refractivity contribution in [3.63, 3.8) is 0 Å². The van der Waals surface area contributed by atoms with E-state index in [4.69, 9.17) is 5.73 Å². The number of benzene rings is 1. The van der Waals surface area contributed by atoms with Crippen molar-refractivity contribution in [2.45, 2.75) is 32.9 Å². The lowest BCUT2D eigenvalue weighted by Gasteiger charge is -2.21. The zero-order valence-corrected chi connectivity index (χ0v) is 13.2. The van der Waals surface area contributed by atoms with Crippen LogP contribution in [0.15, 0.2) is 24.3 Å². The van der Waals surface area contributed by atoms with E-state index in [1.54, 1.807) is 0 Å². The standard InChI is InChI=1S/C17H29N3/c1-4-20(5-2)13-14-6-8-16(9-7-14)17-10-15(11-18)12-19(17)3/h6-9,15,17H,4-5,10-13,18H2,1-3H3. The Morgan fingerprint density at radius 1 is 1.20 bits per heavy atom. The van der Waals surface area contributed by atoms with Gasteiger partial charge in [0.15, 0.2) is 0 Å². The Balaban J connectivity index is 2.01. The summed E-state index contributed by atoms with van der Waals surface area (Å²) in [5, 5.41) is 0. The predicted octanol–water partition coefficient (Wildman–Crippen LogP) is 2.48. The molecule has 0 amide bonds. The van der Waals surface area contributed by atoms with Gasteiger partial charge in [0.1, 0.15) is 0 Å². The Bertz CT molecular complexity index is 397. The van der Waals surface area contributed by atoms with Gasteiger partial charge in [-0.05, 0) is 50.1 Å². The number of hydrogen-bond acceptors (Lipinski definition) is 3. The molecule has 1 heterocycles. The lowest BCUT2D eigenvalue weighted by atomic mass is 9.99. The van der Waals surface area contributed by atoms with Crippen LogP contribution in [-0.4, -0.2) is 43.0 Å². The summed E-state index contributed by atoms with van der Waals surface area (Å²) in [5.74, 6) is 0.653. The normalized spacial score (nSPS) is 23.6. The van der Waals surface area contributed by atoms with Gasteiger partial charge >= 0.3 is 0 Å². The van der Waals surface area contributed by atoms with Gasteiger partial charge in [-0.3, -0.25) is 9.80 Å². The molecule has 3 nitrogen and oxygen atoms in total. The second kappa shape index (κ2) is 7.21. The number of nitrogens with zero attached hydrogens (tertiary/aromatic N) is 2. The quantitative estimate of drug-likeness (QED) is 0.865. The van der Waals surface area contributed by atoms with E-state index in [2.05, 4.69) is 55.0 Å². The van der Waals surface area contributed by atoms with Crippen molar-refractivity contribution >= 4 is 0 Å². The lowest BCUT2D eigenvalue weighted by Crippen LogP contribution is -2.22. The van der Waals surface area contributed by atoms with Gasteiger partial charge in [-0.15, -0.1) is 0 Å². The number of rotatable bonds is 6. The van der Waals surface area contributed by atoms with Crippen LogP contribution in [0.3, 0.4) is 0 Å². The van der Waals surface area contributed by atoms with Gasteiger partial charge < -0.3 is 5.73 Å². The van der Waals surface area contributed by atoms with Crippen molar-refractivity contribution in [2.24, 2.45) is 11.7 Å². The molecule has 2 unspecified atom stereocenters. The third kappa shape index (κ3) is 3.60. The molecule has 0 bridgehead atoms. The average molecular weight is 275 g/mol. The van der Waals surface area contributed by atoms with Crippen LogP contribution >= 0.6 is 0 Å². The molecule has 1 aromatic rings. The molecule has 1 fully saturated rings. The minimum atomic E-state index is 0.547. The minimum Gasteiger partial charge on any atom is -0.330 e. The number of hydrogen-bond donors (Lipinski definition) is 1. The van der Waals surface area contributed by atoms with E-state index in [-0.39, 0.29) is 0 Å². The molecule has 2 rings (SSSR count). The highest BCUT2D eigenvalue weighted by molar-refractivity contribution is 5.26. The van der Waals surface area contributed by atoms with Crippen molar-refractivity contribution in [1.82, 2.24) is 9.80 Å². The van der Waals surface area contributed by atoms with E-state index < -0.39 is 0 Å². The molecule has 20 heavy (non-hydrogen) atoms. The van der Waals surface area contributed by atoms with Gasteiger partial charge in [0, 0.05) is 19.1 Å². The molecule has 1 aromatic carbocycles. The first-order valence-electron chi connectivity index (χ1n) is 7.89. The highest BCUT2D eigenvalue weighted by atomic mass is 15.2. The zero-order chi connectivity index (χ0) is 14.5. The third-order valence-corrected chi connectivity index (χ3v) is 4.63. The summed E-state index contributed by atoms with van der Waals surface area (Å²) < 4.78 is 0. The van der Waals surface area contributed by atoms with Gasteiger partial charge in [-0.1, -0.05) is 38.1 Å². The highest BCUT2D eigenvalue weighted by Gasteiger charge is 2.29. The topological polar surface area (TPSA) is 32.5 Å². The smallest absolute Gasteiger partial charge is 0.0348 e. The average Bonchev–Trinajstić information content (AvgIpc) is 2.86. The van der Waals surface area contributed by atoms with Crippen LogP contribution in [0.25, 0.3) is 0 Å². The predicted molar refractivity (Wildman–Crippen MR) is 85.6 cm³/mol. The van der Waals surface area contributed by atoms with Crippen LogP contribution in [0.1, 0.15) is 37.4 Å². The summed E-state index contributed by atoms with van der Waals surface area (Å²) in [6, 6.07) is 9.73. The van der Waals surface area contributed by atoms with Crippen LogP contribution < -0.4 is 5.73 Å². The van der Waals surface area contributed by atoms with Crippen molar-refractivity contribution in [1.29, 1.82) is 0 Å². The van der Waals surface area contributed by atoms with Crippen LogP contribution in [0.5, 0.6) is 0 Å². The molecular formula is C17H29N3. The van der Waals surface area contributed by atoms with E-state index in [1.807, 2.05) is 0 Å². The summed E-state index contributed by atoms with van der Waals surface area (Å²) in [4.78, 5) is 4.89. The fourth-order valence-corrected chi connectivity index (χ4v) is 3.22. The van der Waals surface area contributed by atoms with Crippen molar-refractivity contribution < 1.29 is 0 Å². The van der Waals surface area contributed by atoms with Crippen LogP contribution in [0, 0.1) is 5.92 Å². The zero-order valence-electron chi connectivity index (χ0n) is 13.2. The second-order valence-corrected chi connectivity index (χ2v) is 6.00. The lowest BCUT2D eigenvalue weighted by molar-refractivity contribution is 0.295. The molecule has 0 aromatic heterocycles. The summed E-state index contributed by atoms with van der Waals surface area (Å²) in [6.07, 6.45) is 1.20. The fourth-order valence-electron chi connectivity index (χ4n) is 3.22. The fraction of sp³-hybridized carbons (Fsp3) is 0.647. The summed E-state index contributed by atoms with van der Waals surface area (Å²) in [6.45, 7) is 9.66. The summed E-state index contributed by atoms with van der Waals surface area (Å²) in [7, 11) is 2.21. The van der Waals surface area contributed by atoms with Crippen molar-refractivity contribution in [3.8, 4) is 0 Å². The van der Waals surface area contributed by atoms with Gasteiger partial charge in [0.05, 0.1) is 0 Å². The monoisotopic (exact) mass is 275 g/mol. The van der Waals surface area contributed by atoms with Gasteiger partial charge in [-0.2, -0.15) is 0 Å². The van der Waals surface area contributed by atoms with Crippen LogP contribution in [-0.2, 0) is 6.54 Å². The molecule has 2 N–H and O–H groups in total. The maximum absolute atomic E-state index is 5.81. The van der Waals surface area contributed by atoms with Crippen LogP contribution in [0.4, 0.5) is 0 Å². The number of likely N-dealkylation sites (tertiary alicyclic amines) is 1. The second-order valence-electron chi connectivity index (χ2n) is 6.00. The Hall–Kier alpha value is -0.900. The van der Waals surface area contributed by atoms with Gasteiger partial charge in [0.2, 0.25) is 0 Å². The summed E-state index contributed by atoms with van der Waals surface area (Å²) in [5.41, 5.74) is 8.66. The number of nitrogens with two attached hydrogens (primary N) is 1. The Morgan fingerprint density at radius 3 is 2.35 bits per heavy atom.